The van der Waals surface area contributed by atoms with E-state index in [2.05, 4.69) is 24.1 Å². The second-order valence-corrected chi connectivity index (χ2v) is 8.55. The fourth-order valence-corrected chi connectivity index (χ4v) is 4.39. The van der Waals surface area contributed by atoms with E-state index in [1.54, 1.807) is 19.4 Å². The molecule has 1 N–H and O–H groups in total. The number of ether oxygens (including phenoxy) is 2. The summed E-state index contributed by atoms with van der Waals surface area (Å²) in [5, 5.41) is 5.41. The molecule has 3 rings (SSSR count). The maximum Gasteiger partial charge on any atom is 0.358 e. The fraction of sp³-hybridized carbons (Fsp3) is 0.500. The quantitative estimate of drug-likeness (QED) is 0.710. The van der Waals surface area contributed by atoms with Crippen LogP contribution in [0.4, 0.5) is 0 Å². The number of hydrogen-bond donors (Lipinski definition) is 1. The first-order chi connectivity index (χ1) is 13.9. The predicted molar refractivity (Wildman–Crippen MR) is 113 cm³/mol. The Balaban J connectivity index is 1.58. The van der Waals surface area contributed by atoms with Gasteiger partial charge in [-0.3, -0.25) is 4.79 Å². The van der Waals surface area contributed by atoms with Gasteiger partial charge in [0.25, 0.3) is 5.91 Å². The van der Waals surface area contributed by atoms with Gasteiger partial charge in [0.2, 0.25) is 0 Å². The van der Waals surface area contributed by atoms with Gasteiger partial charge in [0.05, 0.1) is 7.11 Å². The highest BCUT2D eigenvalue weighted by Crippen LogP contribution is 2.30. The molecule has 1 fully saturated rings. The van der Waals surface area contributed by atoms with Crippen LogP contribution >= 0.6 is 11.3 Å². The van der Waals surface area contributed by atoms with Crippen LogP contribution in [-0.2, 0) is 9.53 Å². The molecule has 4 atom stereocenters. The van der Waals surface area contributed by atoms with E-state index >= 15 is 0 Å². The zero-order chi connectivity index (χ0) is 21.0. The molecule has 1 heterocycles. The summed E-state index contributed by atoms with van der Waals surface area (Å²) in [6, 6.07) is 7.58. The van der Waals surface area contributed by atoms with Crippen LogP contribution in [-0.4, -0.2) is 36.1 Å². The zero-order valence-electron chi connectivity index (χ0n) is 17.3. The number of esters is 1. The van der Waals surface area contributed by atoms with Crippen LogP contribution in [0.15, 0.2) is 29.6 Å². The normalized spacial score (nSPS) is 22.6. The number of nitrogens with zero attached hydrogens (tertiary/aromatic N) is 1. The first-order valence-corrected chi connectivity index (χ1v) is 10.9. The second-order valence-electron chi connectivity index (χ2n) is 7.70. The standard InChI is InChI=1S/C22H28N2O4S/c1-13-6-5-7-18(14(13)2)23-20(25)15(3)28-22(26)19-12-29-21(24-19)16-8-10-17(27-4)11-9-16/h8-15,18H,5-7H2,1-4H3,(H,23,25)/t13-,14-,15-,18+/m1/s1. The SMILES string of the molecule is COc1ccc(-c2nc(C(=O)O[C@H](C)C(=O)N[C@H]3CCC[C@@H](C)[C@H]3C)cs2)cc1. The lowest BCUT2D eigenvalue weighted by molar-refractivity contribution is -0.130. The number of benzene rings is 1. The van der Waals surface area contributed by atoms with Crippen LogP contribution in [0.25, 0.3) is 10.6 Å². The minimum absolute atomic E-state index is 0.133. The van der Waals surface area contributed by atoms with Crippen molar-refractivity contribution < 1.29 is 19.1 Å². The number of aromatic nitrogens is 1. The molecule has 0 spiro atoms. The van der Waals surface area contributed by atoms with Gasteiger partial charge >= 0.3 is 5.97 Å². The molecule has 0 radical (unpaired) electrons. The number of carbonyl (C=O) groups excluding carboxylic acids is 2. The Morgan fingerprint density at radius 2 is 1.93 bits per heavy atom. The Hall–Kier alpha value is -2.41. The van der Waals surface area contributed by atoms with Gasteiger partial charge in [0.1, 0.15) is 10.8 Å². The molecule has 156 valence electrons. The summed E-state index contributed by atoms with van der Waals surface area (Å²) < 4.78 is 10.5. The second kappa shape index (κ2) is 9.39. The van der Waals surface area contributed by atoms with Gasteiger partial charge in [-0.2, -0.15) is 0 Å². The highest BCUT2D eigenvalue weighted by molar-refractivity contribution is 7.13. The molecule has 1 aliphatic carbocycles. The highest BCUT2D eigenvalue weighted by atomic mass is 32.1. The fourth-order valence-electron chi connectivity index (χ4n) is 3.59. The van der Waals surface area contributed by atoms with Crippen LogP contribution in [0, 0.1) is 11.8 Å². The molecule has 0 bridgehead atoms. The molecular weight excluding hydrogens is 388 g/mol. The number of carbonyl (C=O) groups is 2. The van der Waals surface area contributed by atoms with Crippen LogP contribution in [0.3, 0.4) is 0 Å². The third kappa shape index (κ3) is 5.15. The zero-order valence-corrected chi connectivity index (χ0v) is 18.1. The molecule has 7 heteroatoms. The van der Waals surface area contributed by atoms with Crippen molar-refractivity contribution in [3.63, 3.8) is 0 Å². The first-order valence-electron chi connectivity index (χ1n) is 10.0. The first kappa shape index (κ1) is 21.3. The Bertz CT molecular complexity index is 849. The topological polar surface area (TPSA) is 77.5 Å². The molecule has 0 saturated heterocycles. The minimum Gasteiger partial charge on any atom is -0.497 e. The summed E-state index contributed by atoms with van der Waals surface area (Å²) >= 11 is 1.36. The van der Waals surface area contributed by atoms with Crippen LogP contribution < -0.4 is 10.1 Å². The molecule has 1 saturated carbocycles. The van der Waals surface area contributed by atoms with E-state index in [0.717, 1.165) is 24.2 Å². The van der Waals surface area contributed by atoms with Crippen molar-refractivity contribution in [2.24, 2.45) is 11.8 Å². The number of methoxy groups -OCH3 is 1. The van der Waals surface area contributed by atoms with E-state index in [4.69, 9.17) is 9.47 Å². The smallest absolute Gasteiger partial charge is 0.358 e. The van der Waals surface area contributed by atoms with E-state index in [-0.39, 0.29) is 17.6 Å². The van der Waals surface area contributed by atoms with Crippen molar-refractivity contribution in [2.75, 3.05) is 7.11 Å². The lowest BCUT2D eigenvalue weighted by Crippen LogP contribution is -2.47. The van der Waals surface area contributed by atoms with Gasteiger partial charge in [-0.25, -0.2) is 9.78 Å². The predicted octanol–water partition coefficient (Wildman–Crippen LogP) is 4.30. The summed E-state index contributed by atoms with van der Waals surface area (Å²) in [6.45, 7) is 5.98. The van der Waals surface area contributed by atoms with Crippen molar-refractivity contribution in [1.82, 2.24) is 10.3 Å². The van der Waals surface area contributed by atoms with Crippen LogP contribution in [0.2, 0.25) is 0 Å². The molecule has 2 aromatic rings. The number of thiazole rings is 1. The van der Waals surface area contributed by atoms with E-state index in [0.29, 0.717) is 16.8 Å². The van der Waals surface area contributed by atoms with Crippen molar-refractivity contribution in [3.8, 4) is 16.3 Å². The van der Waals surface area contributed by atoms with Gasteiger partial charge in [-0.1, -0.05) is 26.7 Å². The third-order valence-corrected chi connectivity index (χ3v) is 6.63. The molecule has 0 unspecified atom stereocenters. The van der Waals surface area contributed by atoms with Gasteiger partial charge in [0, 0.05) is 17.0 Å². The summed E-state index contributed by atoms with van der Waals surface area (Å²) in [5.41, 5.74) is 1.10. The number of hydrogen-bond acceptors (Lipinski definition) is 6. The van der Waals surface area contributed by atoms with Crippen molar-refractivity contribution in [3.05, 3.63) is 35.3 Å². The van der Waals surface area contributed by atoms with Gasteiger partial charge in [-0.15, -0.1) is 11.3 Å². The molecule has 1 amide bonds. The monoisotopic (exact) mass is 416 g/mol. The molecule has 0 aliphatic heterocycles. The third-order valence-electron chi connectivity index (χ3n) is 5.74. The Labute approximate surface area is 175 Å². The minimum atomic E-state index is -0.863. The Morgan fingerprint density at radius 3 is 2.62 bits per heavy atom. The maximum absolute atomic E-state index is 12.5. The summed E-state index contributed by atoms with van der Waals surface area (Å²) in [6.07, 6.45) is 2.41. The maximum atomic E-state index is 12.5. The number of nitrogens with one attached hydrogen (secondary N) is 1. The van der Waals surface area contributed by atoms with Gasteiger partial charge in [-0.05, 0) is 49.4 Å². The lowest BCUT2D eigenvalue weighted by Gasteiger charge is -2.35. The number of rotatable bonds is 6. The molecule has 29 heavy (non-hydrogen) atoms. The van der Waals surface area contributed by atoms with E-state index in [1.807, 2.05) is 24.3 Å². The molecule has 1 aromatic carbocycles. The van der Waals surface area contributed by atoms with E-state index in [1.165, 1.54) is 17.8 Å². The largest absolute Gasteiger partial charge is 0.497 e. The van der Waals surface area contributed by atoms with E-state index < -0.39 is 12.1 Å². The summed E-state index contributed by atoms with van der Waals surface area (Å²) in [5.74, 6) is 0.912. The highest BCUT2D eigenvalue weighted by Gasteiger charge is 2.30. The van der Waals surface area contributed by atoms with Crippen molar-refractivity contribution in [1.29, 1.82) is 0 Å². The van der Waals surface area contributed by atoms with E-state index in [9.17, 15) is 9.59 Å². The summed E-state index contributed by atoms with van der Waals surface area (Å²) in [7, 11) is 1.61. The van der Waals surface area contributed by atoms with Crippen molar-refractivity contribution in [2.45, 2.75) is 52.2 Å². The number of amides is 1. The Kier molecular flexibility index (Phi) is 6.90. The van der Waals surface area contributed by atoms with Gasteiger partial charge < -0.3 is 14.8 Å². The van der Waals surface area contributed by atoms with Crippen LogP contribution in [0.5, 0.6) is 5.75 Å². The molecular formula is C22H28N2O4S. The van der Waals surface area contributed by atoms with Gasteiger partial charge in [0.15, 0.2) is 11.8 Å². The molecule has 1 aliphatic rings. The summed E-state index contributed by atoms with van der Waals surface area (Å²) in [4.78, 5) is 29.3. The Morgan fingerprint density at radius 1 is 1.21 bits per heavy atom. The average molecular weight is 417 g/mol. The lowest BCUT2D eigenvalue weighted by atomic mass is 9.78. The molecule has 1 aromatic heterocycles. The van der Waals surface area contributed by atoms with Crippen molar-refractivity contribution >= 4 is 23.2 Å². The molecule has 6 nitrogen and oxygen atoms in total. The average Bonchev–Trinajstić information content (AvgIpc) is 3.22. The van der Waals surface area contributed by atoms with Crippen LogP contribution in [0.1, 0.15) is 50.5 Å².